The maximum Gasteiger partial charge on any atom is 0.435 e. The van der Waals surface area contributed by atoms with E-state index in [4.69, 9.17) is 0 Å². The molecule has 0 spiro atoms. The molecule has 1 N–H and O–H groups in total. The molecule has 1 aromatic carbocycles. The number of hydrogen-bond acceptors (Lipinski definition) is 7. The molecule has 4 aromatic heterocycles. The molecule has 0 radical (unpaired) electrons. The normalized spacial score (nSPS) is 14.2. The number of alkyl halides is 5. The third kappa shape index (κ3) is 7.23. The Kier molecular flexibility index (Phi) is 9.74. The van der Waals surface area contributed by atoms with Gasteiger partial charge in [-0.15, -0.1) is 0 Å². The summed E-state index contributed by atoms with van der Waals surface area (Å²) in [5, 5.41) is 13.9. The quantitative estimate of drug-likeness (QED) is 0.205. The number of nitrogens with one attached hydrogen (secondary N) is 1. The first kappa shape index (κ1) is 37.9. The van der Waals surface area contributed by atoms with E-state index in [1.807, 2.05) is 0 Å². The number of nitrogens with zero attached hydrogens (tertiary/aromatic N) is 9. The number of rotatable bonds is 10. The summed E-state index contributed by atoms with van der Waals surface area (Å²) in [5.74, 6) is -4.34. The molecule has 13 nitrogen and oxygen atoms in total. The topological polar surface area (TPSA) is 136 Å². The summed E-state index contributed by atoms with van der Waals surface area (Å²) in [4.78, 5) is 47.6. The monoisotopic (exact) mass is 762 g/mol. The molecule has 1 atom stereocenters. The van der Waals surface area contributed by atoms with Crippen LogP contribution in [0.15, 0.2) is 42.9 Å². The molecule has 1 aliphatic rings. The molecular formula is C34H33F7N10O3. The van der Waals surface area contributed by atoms with E-state index in [0.717, 1.165) is 32.9 Å². The lowest BCUT2D eigenvalue weighted by Gasteiger charge is -2.37. The molecule has 1 aliphatic heterocycles. The average Bonchev–Trinajstić information content (AvgIpc) is 3.82. The predicted molar refractivity (Wildman–Crippen MR) is 177 cm³/mol. The summed E-state index contributed by atoms with van der Waals surface area (Å²) >= 11 is 0. The minimum absolute atomic E-state index is 0.0760. The van der Waals surface area contributed by atoms with Crippen molar-refractivity contribution in [1.82, 2.24) is 49.4 Å². The number of fused-ring (bicyclic) bond motifs is 2. The van der Waals surface area contributed by atoms with Gasteiger partial charge in [-0.3, -0.25) is 23.7 Å². The number of carbonyl (C=O) groups excluding carboxylic acids is 3. The Balaban J connectivity index is 1.35. The molecule has 6 rings (SSSR count). The minimum Gasteiger partial charge on any atom is -0.348 e. The Bertz CT molecular complexity index is 2280. The van der Waals surface area contributed by atoms with Gasteiger partial charge in [0.05, 0.1) is 35.6 Å². The first-order chi connectivity index (χ1) is 25.3. The smallest absolute Gasteiger partial charge is 0.348 e. The summed E-state index contributed by atoms with van der Waals surface area (Å²) in [6, 6.07) is 2.58. The molecule has 0 fully saturated rings. The van der Waals surface area contributed by atoms with Crippen LogP contribution in [-0.4, -0.2) is 94.1 Å². The summed E-state index contributed by atoms with van der Waals surface area (Å²) in [5.41, 5.74) is -2.65. The Morgan fingerprint density at radius 3 is 2.41 bits per heavy atom. The van der Waals surface area contributed by atoms with Gasteiger partial charge in [0.25, 0.3) is 11.8 Å². The highest BCUT2D eigenvalue weighted by Gasteiger charge is 2.40. The van der Waals surface area contributed by atoms with Crippen molar-refractivity contribution in [2.45, 2.75) is 57.5 Å². The number of aromatic nitrogens is 7. The van der Waals surface area contributed by atoms with Gasteiger partial charge in [0.1, 0.15) is 28.8 Å². The lowest BCUT2D eigenvalue weighted by molar-refractivity contribution is -0.141. The van der Waals surface area contributed by atoms with Crippen LogP contribution in [0.2, 0.25) is 0 Å². The van der Waals surface area contributed by atoms with Gasteiger partial charge in [-0.2, -0.15) is 37.2 Å². The first-order valence-corrected chi connectivity index (χ1v) is 16.4. The second kappa shape index (κ2) is 13.9. The van der Waals surface area contributed by atoms with Gasteiger partial charge in [0.2, 0.25) is 5.91 Å². The molecule has 20 heteroatoms. The van der Waals surface area contributed by atoms with Crippen molar-refractivity contribution in [2.75, 3.05) is 20.6 Å². The second-order valence-corrected chi connectivity index (χ2v) is 13.7. The van der Waals surface area contributed by atoms with E-state index in [0.29, 0.717) is 21.8 Å². The zero-order valence-corrected chi connectivity index (χ0v) is 29.4. The fourth-order valence-electron chi connectivity index (χ4n) is 6.41. The molecule has 0 saturated carbocycles. The van der Waals surface area contributed by atoms with Crippen LogP contribution in [0.1, 0.15) is 58.1 Å². The predicted octanol–water partition coefficient (Wildman–Crippen LogP) is 4.63. The second-order valence-electron chi connectivity index (χ2n) is 13.7. The van der Waals surface area contributed by atoms with Gasteiger partial charge < -0.3 is 15.1 Å². The van der Waals surface area contributed by atoms with E-state index in [2.05, 4.69) is 25.6 Å². The van der Waals surface area contributed by atoms with Gasteiger partial charge in [-0.1, -0.05) is 0 Å². The highest BCUT2D eigenvalue weighted by Crippen LogP contribution is 2.35. The van der Waals surface area contributed by atoms with Crippen LogP contribution in [0.3, 0.4) is 0 Å². The number of carbonyl (C=O) groups is 3. The third-order valence-corrected chi connectivity index (χ3v) is 8.95. The van der Waals surface area contributed by atoms with Gasteiger partial charge >= 0.3 is 12.7 Å². The lowest BCUT2D eigenvalue weighted by Crippen LogP contribution is -2.58. The van der Waals surface area contributed by atoms with Crippen LogP contribution in [0.5, 0.6) is 0 Å². The summed E-state index contributed by atoms with van der Waals surface area (Å²) in [6.07, 6.45) is -1.88. The van der Waals surface area contributed by atoms with Crippen LogP contribution in [0.4, 0.5) is 30.7 Å². The molecule has 0 aliphatic carbocycles. The maximum atomic E-state index is 15.6. The van der Waals surface area contributed by atoms with Crippen molar-refractivity contribution in [1.29, 1.82) is 0 Å². The Hall–Kier alpha value is -5.82. The maximum absolute atomic E-state index is 15.6. The van der Waals surface area contributed by atoms with E-state index in [1.165, 1.54) is 51.0 Å². The van der Waals surface area contributed by atoms with Crippen molar-refractivity contribution in [2.24, 2.45) is 7.05 Å². The average molecular weight is 763 g/mol. The van der Waals surface area contributed by atoms with Crippen molar-refractivity contribution < 1.29 is 45.1 Å². The molecule has 3 amide bonds. The number of hydrogen-bond donors (Lipinski definition) is 1. The Labute approximate surface area is 302 Å². The van der Waals surface area contributed by atoms with E-state index < -0.39 is 77.2 Å². The fourth-order valence-corrected chi connectivity index (χ4v) is 6.41. The van der Waals surface area contributed by atoms with E-state index in [1.54, 1.807) is 7.05 Å². The van der Waals surface area contributed by atoms with Crippen LogP contribution in [-0.2, 0) is 37.4 Å². The van der Waals surface area contributed by atoms with Gasteiger partial charge in [0.15, 0.2) is 11.5 Å². The van der Waals surface area contributed by atoms with E-state index in [-0.39, 0.29) is 41.8 Å². The Morgan fingerprint density at radius 1 is 1.04 bits per heavy atom. The zero-order chi connectivity index (χ0) is 39.4. The van der Waals surface area contributed by atoms with Gasteiger partial charge in [0, 0.05) is 58.0 Å². The van der Waals surface area contributed by atoms with Crippen molar-refractivity contribution in [3.05, 3.63) is 82.6 Å². The first-order valence-electron chi connectivity index (χ1n) is 16.4. The highest BCUT2D eigenvalue weighted by molar-refractivity contribution is 6.01. The highest BCUT2D eigenvalue weighted by atomic mass is 19.4. The summed E-state index contributed by atoms with van der Waals surface area (Å²) < 4.78 is 101. The molecule has 54 heavy (non-hydrogen) atoms. The molecule has 5 heterocycles. The van der Waals surface area contributed by atoms with Crippen LogP contribution < -0.4 is 5.32 Å². The fraction of sp³-hybridized carbons (Fsp3) is 0.382. The Morgan fingerprint density at radius 2 is 1.76 bits per heavy atom. The van der Waals surface area contributed by atoms with Gasteiger partial charge in [-0.05, 0) is 43.5 Å². The van der Waals surface area contributed by atoms with E-state index in [9.17, 15) is 36.3 Å². The van der Waals surface area contributed by atoms with Crippen molar-refractivity contribution in [3.63, 3.8) is 0 Å². The SMILES string of the molecule is CN(C)C(=O)c1cc(C(F)(F)F)nn1CC(C)(C)NC(=O)[C@@H](Cc1cnn(C(F)F)c1)N1CCc2c(-c3nc4cnn(C)c4cc3F)ccc(F)c2C1=O. The molecule has 0 unspecified atom stereocenters. The number of amides is 3. The number of benzene rings is 1. The van der Waals surface area contributed by atoms with E-state index >= 15 is 8.78 Å². The molecule has 286 valence electrons. The molecule has 0 saturated heterocycles. The summed E-state index contributed by atoms with van der Waals surface area (Å²) in [6.45, 7) is -0.800. The van der Waals surface area contributed by atoms with Crippen LogP contribution >= 0.6 is 0 Å². The standard InChI is InChI=1S/C34H33F7N10O3/c1-33(2,16-51-25(30(53)47(3)4)12-26(46-51)34(39,40)41)45-29(52)24(10-17-13-43-50(15-17)32(37)38)49-9-8-18-19(6-7-20(35)27(18)31(49)54)28-21(36)11-23-22(44-28)14-42-48(23)5/h6-7,11-15,24,32H,8-10,16H2,1-5H3,(H,45,52)/t24-/m1/s1. The zero-order valence-electron chi connectivity index (χ0n) is 29.4. The largest absolute Gasteiger partial charge is 0.435 e. The molecule has 5 aromatic rings. The molecular weight excluding hydrogens is 729 g/mol. The van der Waals surface area contributed by atoms with Crippen molar-refractivity contribution >= 4 is 28.8 Å². The number of aryl methyl sites for hydroxylation is 1. The molecule has 0 bridgehead atoms. The van der Waals surface area contributed by atoms with Crippen LogP contribution in [0.25, 0.3) is 22.3 Å². The minimum atomic E-state index is -4.89. The van der Waals surface area contributed by atoms with Crippen LogP contribution in [0, 0.1) is 11.6 Å². The number of halogens is 7. The number of pyridine rings is 1. The third-order valence-electron chi connectivity index (χ3n) is 8.95. The van der Waals surface area contributed by atoms with Crippen molar-refractivity contribution in [3.8, 4) is 11.3 Å². The summed E-state index contributed by atoms with van der Waals surface area (Å²) in [7, 11) is 4.28. The van der Waals surface area contributed by atoms with Gasteiger partial charge in [-0.25, -0.2) is 18.4 Å². The lowest BCUT2D eigenvalue weighted by atomic mass is 9.90.